The molecule has 0 atom stereocenters. The topological polar surface area (TPSA) is 69.2 Å². The Hall–Kier alpha value is 2.17. The molecule has 0 aromatic heterocycles. The summed E-state index contributed by atoms with van der Waals surface area (Å²) in [6, 6.07) is 0. The Morgan fingerprint density at radius 3 is 1.33 bits per heavy atom. The van der Waals surface area contributed by atoms with Gasteiger partial charge in [-0.05, 0) is 0 Å². The zero-order valence-electron chi connectivity index (χ0n) is 7.51. The van der Waals surface area contributed by atoms with Crippen molar-refractivity contribution in [2.75, 3.05) is 0 Å². The van der Waals surface area contributed by atoms with Gasteiger partial charge in [-0.15, -0.1) is 0 Å². The first-order chi connectivity index (χ1) is 4.19. The van der Waals surface area contributed by atoms with Crippen LogP contribution in [0.25, 0.3) is 0 Å². The molecule has 0 saturated heterocycles. The van der Waals surface area contributed by atoms with E-state index in [0.29, 0.717) is 0 Å². The van der Waals surface area contributed by atoms with Gasteiger partial charge >= 0.3 is 64.8 Å². The minimum atomic E-state index is -5.76. The minimum Gasteiger partial charge on any atom is -0.683 e. The van der Waals surface area contributed by atoms with E-state index in [-0.39, 0.29) is 59.1 Å². The van der Waals surface area contributed by atoms with Crippen LogP contribution in [0, 0.1) is 5.92 Å². The summed E-state index contributed by atoms with van der Waals surface area (Å²) < 4.78 is 24.3. The van der Waals surface area contributed by atoms with Crippen molar-refractivity contribution in [2.24, 2.45) is 5.92 Å². The number of halogens is 2. The molecule has 3 nitrogen and oxygen atoms in total. The number of hydrogen-bond donors (Lipinski definition) is 0. The predicted octanol–water partition coefficient (Wildman–Crippen LogP) is -6.91. The van der Waals surface area contributed by atoms with Crippen LogP contribution < -0.4 is 73.8 Å². The summed E-state index contributed by atoms with van der Waals surface area (Å²) in [6.45, 7) is 1.95. The average Bonchev–Trinajstić information content (AvgIpc) is 1.62. The Labute approximate surface area is 115 Å². The van der Waals surface area contributed by atoms with Crippen molar-refractivity contribution in [3.8, 4) is 0 Å². The van der Waals surface area contributed by atoms with Gasteiger partial charge in [0.25, 0.3) is 0 Å². The summed E-state index contributed by atoms with van der Waals surface area (Å²) in [5, 5.41) is 0. The Kier molecular flexibility index (Phi) is 10.9. The van der Waals surface area contributed by atoms with E-state index in [4.69, 9.17) is 0 Å². The molecule has 0 aliphatic rings. The molecule has 0 spiro atoms. The Morgan fingerprint density at radius 2 is 1.33 bits per heavy atom. The van der Waals surface area contributed by atoms with Crippen LogP contribution in [-0.4, -0.2) is 5.66 Å². The first kappa shape index (κ1) is 19.7. The fourth-order valence-corrected chi connectivity index (χ4v) is 0.949. The van der Waals surface area contributed by atoms with Gasteiger partial charge in [-0.25, -0.2) is 0 Å². The predicted molar refractivity (Wildman–Crippen MR) is 26.7 cm³/mol. The van der Waals surface area contributed by atoms with E-state index in [9.17, 15) is 23.5 Å². The van der Waals surface area contributed by atoms with Gasteiger partial charge in [0.05, 0.1) is 5.92 Å². The molecule has 0 heterocycles. The van der Waals surface area contributed by atoms with E-state index in [1.54, 1.807) is 0 Å². The molecule has 0 fully saturated rings. The third-order valence-electron chi connectivity index (χ3n) is 1.06. The third kappa shape index (κ3) is 5.15. The molecule has 0 aromatic carbocycles. The van der Waals surface area contributed by atoms with Gasteiger partial charge in [-0.1, -0.05) is 21.8 Å². The van der Waals surface area contributed by atoms with E-state index in [2.05, 4.69) is 0 Å². The molecule has 0 aromatic rings. The molecule has 0 N–H and O–H groups in total. The molecule has 0 aliphatic heterocycles. The molecule has 0 unspecified atom stereocenters. The smallest absolute Gasteiger partial charge is 0.683 e. The fourth-order valence-electron chi connectivity index (χ4n) is 0.316. The maximum absolute atomic E-state index is 12.2. The molecule has 0 aliphatic carbocycles. The standard InChI is InChI=1S/C4H9F2O3P.2Na/c1-3(2)4(5,6)10(7,8)9;;/h3H,1-2H3,(H2,7,8,9);;/q;2*+1/p-2. The van der Waals surface area contributed by atoms with E-state index in [1.807, 2.05) is 0 Å². The molecule has 8 heteroatoms. The minimum absolute atomic E-state index is 0. The van der Waals surface area contributed by atoms with Crippen LogP contribution in [0.1, 0.15) is 13.8 Å². The van der Waals surface area contributed by atoms with Crippen molar-refractivity contribution in [3.63, 3.8) is 0 Å². The molecule has 0 bridgehead atoms. The van der Waals surface area contributed by atoms with Crippen molar-refractivity contribution in [1.29, 1.82) is 0 Å². The van der Waals surface area contributed by atoms with Crippen molar-refractivity contribution in [3.05, 3.63) is 0 Å². The quantitative estimate of drug-likeness (QED) is 0.341. The second-order valence-corrected chi connectivity index (χ2v) is 3.83. The molecule has 0 rings (SSSR count). The van der Waals surface area contributed by atoms with Crippen LogP contribution >= 0.6 is 7.94 Å². The molecular formula is C4H7F2Na2O3P. The summed E-state index contributed by atoms with van der Waals surface area (Å²) in [5.74, 6) is -1.46. The SMILES string of the molecule is CC(C)C(F)(F)[P+]([O-])([O-])[O-].[Na+].[Na+]. The van der Waals surface area contributed by atoms with Crippen LogP contribution in [0.15, 0.2) is 0 Å². The van der Waals surface area contributed by atoms with Gasteiger partial charge in [0.2, 0.25) is 0 Å². The van der Waals surface area contributed by atoms with Gasteiger partial charge < -0.3 is 14.7 Å². The molecule has 0 amide bonds. The first-order valence-electron chi connectivity index (χ1n) is 2.59. The van der Waals surface area contributed by atoms with Crippen molar-refractivity contribution in [1.82, 2.24) is 0 Å². The van der Waals surface area contributed by atoms with Crippen molar-refractivity contribution in [2.45, 2.75) is 19.5 Å². The number of hydrogen-bond acceptors (Lipinski definition) is 3. The van der Waals surface area contributed by atoms with Crippen molar-refractivity contribution < 1.29 is 82.6 Å². The van der Waals surface area contributed by atoms with Gasteiger partial charge in [-0.2, -0.15) is 8.78 Å². The Balaban J connectivity index is -0.000000405. The zero-order chi connectivity index (χ0) is 8.58. The Bertz CT molecular complexity index is 128. The summed E-state index contributed by atoms with van der Waals surface area (Å²) >= 11 is 0. The van der Waals surface area contributed by atoms with Crippen LogP contribution in [0.3, 0.4) is 0 Å². The maximum atomic E-state index is 12.2. The average molecular weight is 218 g/mol. The van der Waals surface area contributed by atoms with E-state index < -0.39 is 19.5 Å². The van der Waals surface area contributed by atoms with Crippen molar-refractivity contribution >= 4 is 7.94 Å². The second kappa shape index (κ2) is 6.62. The summed E-state index contributed by atoms with van der Waals surface area (Å²) in [4.78, 5) is 29.4. The van der Waals surface area contributed by atoms with E-state index in [0.717, 1.165) is 13.8 Å². The fraction of sp³-hybridized carbons (Fsp3) is 1.00. The summed E-state index contributed by atoms with van der Waals surface area (Å²) in [5.41, 5.74) is -4.12. The van der Waals surface area contributed by atoms with E-state index in [1.165, 1.54) is 0 Å². The van der Waals surface area contributed by atoms with Crippen LogP contribution in [-0.2, 0) is 0 Å². The van der Waals surface area contributed by atoms with Gasteiger partial charge in [0.1, 0.15) is 0 Å². The van der Waals surface area contributed by atoms with Crippen LogP contribution in [0.4, 0.5) is 8.78 Å². The Morgan fingerprint density at radius 1 is 1.08 bits per heavy atom. The molecular weight excluding hydrogens is 211 g/mol. The van der Waals surface area contributed by atoms with Crippen LogP contribution in [0.5, 0.6) is 0 Å². The molecule has 0 radical (unpaired) electrons. The summed E-state index contributed by atoms with van der Waals surface area (Å²) in [7, 11) is -5.76. The number of rotatable bonds is 2. The third-order valence-corrected chi connectivity index (χ3v) is 2.31. The zero-order valence-corrected chi connectivity index (χ0v) is 12.4. The summed E-state index contributed by atoms with van der Waals surface area (Å²) in [6.07, 6.45) is 0. The van der Waals surface area contributed by atoms with Gasteiger partial charge in [0.15, 0.2) is 0 Å². The number of alkyl halides is 2. The monoisotopic (exact) mass is 218 g/mol. The second-order valence-electron chi connectivity index (χ2n) is 2.24. The molecule has 0 saturated carbocycles. The normalized spacial score (nSPS) is 12.0. The molecule has 62 valence electrons. The molecule has 12 heavy (non-hydrogen) atoms. The van der Waals surface area contributed by atoms with E-state index >= 15 is 0 Å². The largest absolute Gasteiger partial charge is 1.00 e. The maximum Gasteiger partial charge on any atom is 1.00 e. The first-order valence-corrected chi connectivity index (χ1v) is 4.14. The van der Waals surface area contributed by atoms with Gasteiger partial charge in [-0.3, -0.25) is 0 Å². The van der Waals surface area contributed by atoms with Crippen LogP contribution in [0.2, 0.25) is 0 Å². The van der Waals surface area contributed by atoms with Gasteiger partial charge in [0, 0.05) is 0 Å².